The Morgan fingerprint density at radius 2 is 1.50 bits per heavy atom. The van der Waals surface area contributed by atoms with E-state index in [2.05, 4.69) is 24.5 Å². The molecule has 0 aliphatic carbocycles. The van der Waals surface area contributed by atoms with Gasteiger partial charge in [-0.15, -0.1) is 13.2 Å². The van der Waals surface area contributed by atoms with Gasteiger partial charge in [0.15, 0.2) is 0 Å². The van der Waals surface area contributed by atoms with Crippen molar-refractivity contribution in [2.45, 2.75) is 40.5 Å². The van der Waals surface area contributed by atoms with Crippen molar-refractivity contribution in [3.05, 3.63) is 37.0 Å². The van der Waals surface area contributed by atoms with E-state index in [4.69, 9.17) is 5.11 Å². The number of allylic oxidation sites excluding steroid dienone is 2. The third kappa shape index (κ3) is 61.7. The SMILES string of the molecule is C=C(C)C.C=C(C)C.C=CC(=O)OCCCCO. The summed E-state index contributed by atoms with van der Waals surface area (Å²) in [5, 5.41) is 8.33. The van der Waals surface area contributed by atoms with E-state index in [0.29, 0.717) is 19.4 Å². The average Bonchev–Trinajstić information content (AvgIpc) is 2.22. The summed E-state index contributed by atoms with van der Waals surface area (Å²) in [5.74, 6) is -0.405. The lowest BCUT2D eigenvalue weighted by atomic mass is 10.3. The molecule has 0 unspecified atom stereocenters. The van der Waals surface area contributed by atoms with Crippen LogP contribution in [0.25, 0.3) is 0 Å². The van der Waals surface area contributed by atoms with Crippen LogP contribution in [-0.2, 0) is 9.53 Å². The summed E-state index contributed by atoms with van der Waals surface area (Å²) in [4.78, 5) is 10.4. The highest BCUT2D eigenvalue weighted by Gasteiger charge is 1.92. The lowest BCUT2D eigenvalue weighted by molar-refractivity contribution is -0.137. The maximum Gasteiger partial charge on any atom is 0.330 e. The highest BCUT2D eigenvalue weighted by molar-refractivity contribution is 5.81. The number of aliphatic hydroxyl groups is 1. The molecule has 106 valence electrons. The first-order chi connectivity index (χ1) is 8.27. The van der Waals surface area contributed by atoms with E-state index in [1.165, 1.54) is 11.1 Å². The zero-order chi connectivity index (χ0) is 15.0. The number of esters is 1. The first-order valence-electron chi connectivity index (χ1n) is 5.92. The van der Waals surface area contributed by atoms with Crippen LogP contribution >= 0.6 is 0 Å². The molecule has 0 amide bonds. The van der Waals surface area contributed by atoms with Gasteiger partial charge in [-0.3, -0.25) is 0 Å². The fourth-order valence-corrected chi connectivity index (χ4v) is 0.446. The summed E-state index contributed by atoms with van der Waals surface area (Å²) >= 11 is 0. The molecule has 3 heteroatoms. The summed E-state index contributed by atoms with van der Waals surface area (Å²) in [6, 6.07) is 0. The number of aliphatic hydroxyl groups excluding tert-OH is 1. The first-order valence-corrected chi connectivity index (χ1v) is 5.92. The molecule has 0 saturated carbocycles. The standard InChI is InChI=1S/C7H12O3.2C4H8/c1-2-7(9)10-6-4-3-5-8;2*1-4(2)3/h2,8H,1,3-6H2;2*1H2,2-3H3. The van der Waals surface area contributed by atoms with Gasteiger partial charge in [-0.1, -0.05) is 17.7 Å². The molecule has 0 atom stereocenters. The van der Waals surface area contributed by atoms with Crippen molar-refractivity contribution in [2.75, 3.05) is 13.2 Å². The topological polar surface area (TPSA) is 46.5 Å². The maximum atomic E-state index is 10.4. The molecule has 1 N–H and O–H groups in total. The highest BCUT2D eigenvalue weighted by Crippen LogP contribution is 1.88. The van der Waals surface area contributed by atoms with Crippen molar-refractivity contribution in [2.24, 2.45) is 0 Å². The molecule has 0 aromatic heterocycles. The molecular formula is C15H28O3. The van der Waals surface area contributed by atoms with E-state index < -0.39 is 5.97 Å². The van der Waals surface area contributed by atoms with Gasteiger partial charge in [-0.05, 0) is 40.5 Å². The molecule has 0 bridgehead atoms. The minimum Gasteiger partial charge on any atom is -0.463 e. The van der Waals surface area contributed by atoms with Crippen molar-refractivity contribution in [1.82, 2.24) is 0 Å². The summed E-state index contributed by atoms with van der Waals surface area (Å²) in [6.45, 7) is 18.7. The fraction of sp³-hybridized carbons (Fsp3) is 0.533. The largest absolute Gasteiger partial charge is 0.463 e. The quantitative estimate of drug-likeness (QED) is 0.353. The molecule has 0 spiro atoms. The molecule has 0 aliphatic heterocycles. The van der Waals surface area contributed by atoms with Gasteiger partial charge >= 0.3 is 5.97 Å². The van der Waals surface area contributed by atoms with Crippen LogP contribution in [0.4, 0.5) is 0 Å². The number of hydrogen-bond acceptors (Lipinski definition) is 3. The molecule has 0 saturated heterocycles. The monoisotopic (exact) mass is 256 g/mol. The van der Waals surface area contributed by atoms with Crippen LogP contribution in [0.3, 0.4) is 0 Å². The minimum atomic E-state index is -0.405. The number of ether oxygens (including phenoxy) is 1. The molecule has 0 heterocycles. The highest BCUT2D eigenvalue weighted by atomic mass is 16.5. The molecule has 3 nitrogen and oxygen atoms in total. The molecule has 0 radical (unpaired) electrons. The van der Waals surface area contributed by atoms with Gasteiger partial charge < -0.3 is 9.84 Å². The fourth-order valence-electron chi connectivity index (χ4n) is 0.446. The Hall–Kier alpha value is -1.35. The van der Waals surface area contributed by atoms with Crippen molar-refractivity contribution in [1.29, 1.82) is 0 Å². The van der Waals surface area contributed by atoms with Crippen LogP contribution in [0.1, 0.15) is 40.5 Å². The molecule has 0 aliphatic rings. The van der Waals surface area contributed by atoms with E-state index in [0.717, 1.165) is 6.08 Å². The molecule has 0 fully saturated rings. The Bertz CT molecular complexity index is 222. The number of hydrogen-bond donors (Lipinski definition) is 1. The Morgan fingerprint density at radius 1 is 1.11 bits per heavy atom. The Kier molecular flexibility index (Phi) is 21.9. The average molecular weight is 256 g/mol. The normalized spacial score (nSPS) is 7.83. The van der Waals surface area contributed by atoms with Crippen molar-refractivity contribution >= 4 is 5.97 Å². The predicted octanol–water partition coefficient (Wildman–Crippen LogP) is 3.65. The van der Waals surface area contributed by atoms with Crippen molar-refractivity contribution in [3.63, 3.8) is 0 Å². The van der Waals surface area contributed by atoms with E-state index in [1.54, 1.807) is 0 Å². The number of rotatable bonds is 5. The van der Waals surface area contributed by atoms with Crippen LogP contribution < -0.4 is 0 Å². The van der Waals surface area contributed by atoms with Crippen LogP contribution in [0.2, 0.25) is 0 Å². The van der Waals surface area contributed by atoms with Crippen LogP contribution in [0, 0.1) is 0 Å². The van der Waals surface area contributed by atoms with E-state index in [1.807, 2.05) is 27.7 Å². The van der Waals surface area contributed by atoms with E-state index in [-0.39, 0.29) is 6.61 Å². The summed E-state index contributed by atoms with van der Waals surface area (Å²) in [5.41, 5.74) is 2.33. The Labute approximate surface area is 112 Å². The van der Waals surface area contributed by atoms with Crippen LogP contribution in [0.15, 0.2) is 37.0 Å². The smallest absolute Gasteiger partial charge is 0.330 e. The van der Waals surface area contributed by atoms with Crippen molar-refractivity contribution < 1.29 is 14.6 Å². The second-order valence-corrected chi connectivity index (χ2v) is 4.22. The molecule has 0 aromatic rings. The van der Waals surface area contributed by atoms with Crippen LogP contribution in [0.5, 0.6) is 0 Å². The Balaban J connectivity index is -0.000000233. The van der Waals surface area contributed by atoms with Gasteiger partial charge in [0.05, 0.1) is 6.61 Å². The predicted molar refractivity (Wildman–Crippen MR) is 78.5 cm³/mol. The van der Waals surface area contributed by atoms with Gasteiger partial charge in [-0.2, -0.15) is 0 Å². The lowest BCUT2D eigenvalue weighted by Gasteiger charge is -1.98. The molecular weight excluding hydrogens is 228 g/mol. The van der Waals surface area contributed by atoms with E-state index in [9.17, 15) is 4.79 Å². The zero-order valence-corrected chi connectivity index (χ0v) is 12.3. The van der Waals surface area contributed by atoms with Gasteiger partial charge in [0.2, 0.25) is 0 Å². The second-order valence-electron chi connectivity index (χ2n) is 4.22. The summed E-state index contributed by atoms with van der Waals surface area (Å²) < 4.78 is 4.63. The van der Waals surface area contributed by atoms with Gasteiger partial charge in [-0.25, -0.2) is 4.79 Å². The number of unbranched alkanes of at least 4 members (excludes halogenated alkanes) is 1. The van der Waals surface area contributed by atoms with Gasteiger partial charge in [0.1, 0.15) is 0 Å². The van der Waals surface area contributed by atoms with Gasteiger partial charge in [0, 0.05) is 12.7 Å². The lowest BCUT2D eigenvalue weighted by Crippen LogP contribution is -2.02. The number of carbonyl (C=O) groups is 1. The third-order valence-corrected chi connectivity index (χ3v) is 0.963. The van der Waals surface area contributed by atoms with E-state index >= 15 is 0 Å². The zero-order valence-electron chi connectivity index (χ0n) is 12.3. The second kappa shape index (κ2) is 18.0. The van der Waals surface area contributed by atoms with Crippen molar-refractivity contribution in [3.8, 4) is 0 Å². The molecule has 0 rings (SSSR count). The maximum absolute atomic E-state index is 10.4. The van der Waals surface area contributed by atoms with Gasteiger partial charge in [0.25, 0.3) is 0 Å². The molecule has 0 aromatic carbocycles. The summed E-state index contributed by atoms with van der Waals surface area (Å²) in [6.07, 6.45) is 2.50. The first kappa shape index (κ1) is 21.9. The summed E-state index contributed by atoms with van der Waals surface area (Å²) in [7, 11) is 0. The minimum absolute atomic E-state index is 0.144. The molecule has 18 heavy (non-hydrogen) atoms. The van der Waals surface area contributed by atoms with Crippen LogP contribution in [-0.4, -0.2) is 24.3 Å². The Morgan fingerprint density at radius 3 is 1.78 bits per heavy atom. The number of carbonyl (C=O) groups excluding carboxylic acids is 1. The third-order valence-electron chi connectivity index (χ3n) is 0.963.